The largest absolute Gasteiger partial charge is 0.497 e. The fourth-order valence-corrected chi connectivity index (χ4v) is 3.54. The number of benzene rings is 2. The van der Waals surface area contributed by atoms with Gasteiger partial charge in [-0.2, -0.15) is 0 Å². The second-order valence-corrected chi connectivity index (χ2v) is 7.85. The van der Waals surface area contributed by atoms with Crippen molar-refractivity contribution in [1.29, 1.82) is 0 Å². The van der Waals surface area contributed by atoms with Crippen molar-refractivity contribution in [3.05, 3.63) is 66.2 Å². The first-order valence-electron chi connectivity index (χ1n) is 10.9. The van der Waals surface area contributed by atoms with Gasteiger partial charge in [-0.15, -0.1) is 0 Å². The zero-order chi connectivity index (χ0) is 23.6. The molecular weight excluding hydrogens is 420 g/mol. The molecule has 2 aromatic rings. The molecule has 1 fully saturated rings. The molecule has 0 aromatic heterocycles. The average Bonchev–Trinajstić information content (AvgIpc) is 2.83. The Balaban J connectivity index is 1.40. The highest BCUT2D eigenvalue weighted by Crippen LogP contribution is 2.12. The maximum Gasteiger partial charge on any atom is 0.244 e. The normalized spacial score (nSPS) is 15.2. The number of nitrogens with one attached hydrogen (secondary N) is 2. The van der Waals surface area contributed by atoms with Gasteiger partial charge in [-0.1, -0.05) is 30.3 Å². The Morgan fingerprint density at radius 3 is 2.30 bits per heavy atom. The number of rotatable bonds is 8. The highest BCUT2D eigenvalue weighted by atomic mass is 16.5. The van der Waals surface area contributed by atoms with Crippen molar-refractivity contribution in [2.24, 2.45) is 0 Å². The second kappa shape index (κ2) is 11.8. The summed E-state index contributed by atoms with van der Waals surface area (Å²) in [4.78, 5) is 40.9. The monoisotopic (exact) mass is 450 g/mol. The Hall–Kier alpha value is -3.65. The van der Waals surface area contributed by atoms with Gasteiger partial charge in [0.2, 0.25) is 17.7 Å². The third kappa shape index (κ3) is 7.47. The molecule has 3 amide bonds. The van der Waals surface area contributed by atoms with E-state index in [1.54, 1.807) is 25.0 Å². The number of hydrogen-bond donors (Lipinski definition) is 2. The van der Waals surface area contributed by atoms with Gasteiger partial charge in [-0.25, -0.2) is 0 Å². The Morgan fingerprint density at radius 2 is 1.67 bits per heavy atom. The van der Waals surface area contributed by atoms with Crippen LogP contribution in [0.25, 0.3) is 6.08 Å². The Kier molecular flexibility index (Phi) is 8.60. The summed E-state index contributed by atoms with van der Waals surface area (Å²) in [6, 6.07) is 16.0. The SMILES string of the molecule is COc1ccc(/C=C/C(=O)NC(C)C(=O)N2CCN(CC(=O)Nc3ccccc3)CC2)cc1. The van der Waals surface area contributed by atoms with Crippen LogP contribution in [0.1, 0.15) is 12.5 Å². The van der Waals surface area contributed by atoms with E-state index < -0.39 is 6.04 Å². The molecule has 3 rings (SSSR count). The van der Waals surface area contributed by atoms with Gasteiger partial charge in [0.15, 0.2) is 0 Å². The van der Waals surface area contributed by atoms with Gasteiger partial charge < -0.3 is 20.3 Å². The molecule has 0 spiro atoms. The minimum Gasteiger partial charge on any atom is -0.497 e. The van der Waals surface area contributed by atoms with Crippen molar-refractivity contribution in [3.8, 4) is 5.75 Å². The average molecular weight is 451 g/mol. The number of hydrogen-bond acceptors (Lipinski definition) is 5. The molecule has 1 aliphatic rings. The van der Waals surface area contributed by atoms with E-state index in [2.05, 4.69) is 10.6 Å². The van der Waals surface area contributed by atoms with E-state index in [-0.39, 0.29) is 24.3 Å². The number of amides is 3. The highest BCUT2D eigenvalue weighted by molar-refractivity contribution is 5.95. The van der Waals surface area contributed by atoms with Crippen LogP contribution >= 0.6 is 0 Å². The maximum absolute atomic E-state index is 12.7. The molecule has 0 saturated carbocycles. The lowest BCUT2D eigenvalue weighted by atomic mass is 10.2. The molecule has 1 heterocycles. The van der Waals surface area contributed by atoms with Crippen LogP contribution in [0, 0.1) is 0 Å². The van der Waals surface area contributed by atoms with Gasteiger partial charge >= 0.3 is 0 Å². The van der Waals surface area contributed by atoms with Gasteiger partial charge in [-0.3, -0.25) is 19.3 Å². The van der Waals surface area contributed by atoms with E-state index in [0.29, 0.717) is 26.2 Å². The minimum absolute atomic E-state index is 0.0785. The van der Waals surface area contributed by atoms with E-state index >= 15 is 0 Å². The molecule has 0 bridgehead atoms. The first-order chi connectivity index (χ1) is 15.9. The molecule has 1 saturated heterocycles. The number of para-hydroxylation sites is 1. The summed E-state index contributed by atoms with van der Waals surface area (Å²) in [5.74, 6) is 0.204. The molecular formula is C25H30N4O4. The van der Waals surface area contributed by atoms with Crippen molar-refractivity contribution in [2.75, 3.05) is 45.2 Å². The Labute approximate surface area is 194 Å². The van der Waals surface area contributed by atoms with Gasteiger partial charge in [0.25, 0.3) is 0 Å². The summed E-state index contributed by atoms with van der Waals surface area (Å²) in [7, 11) is 1.60. The summed E-state index contributed by atoms with van der Waals surface area (Å²) >= 11 is 0. The molecule has 2 N–H and O–H groups in total. The molecule has 8 heteroatoms. The number of piperazine rings is 1. The van der Waals surface area contributed by atoms with Crippen LogP contribution in [-0.2, 0) is 14.4 Å². The van der Waals surface area contributed by atoms with Gasteiger partial charge in [0.05, 0.1) is 13.7 Å². The summed E-state index contributed by atoms with van der Waals surface area (Å²) < 4.78 is 5.11. The third-order valence-corrected chi connectivity index (χ3v) is 5.38. The summed E-state index contributed by atoms with van der Waals surface area (Å²) in [6.07, 6.45) is 3.10. The van der Waals surface area contributed by atoms with E-state index in [4.69, 9.17) is 4.74 Å². The van der Waals surface area contributed by atoms with Crippen LogP contribution in [0.15, 0.2) is 60.7 Å². The van der Waals surface area contributed by atoms with Crippen LogP contribution in [-0.4, -0.2) is 73.4 Å². The zero-order valence-corrected chi connectivity index (χ0v) is 19.0. The predicted molar refractivity (Wildman–Crippen MR) is 128 cm³/mol. The predicted octanol–water partition coefficient (Wildman–Crippen LogP) is 2.00. The topological polar surface area (TPSA) is 91.0 Å². The molecule has 0 radical (unpaired) electrons. The van der Waals surface area contributed by atoms with Gasteiger partial charge in [-0.05, 0) is 42.8 Å². The number of methoxy groups -OCH3 is 1. The molecule has 2 aromatic carbocycles. The summed E-state index contributed by atoms with van der Waals surface area (Å²) in [5.41, 5.74) is 1.62. The minimum atomic E-state index is -0.633. The molecule has 1 atom stereocenters. The van der Waals surface area contributed by atoms with Crippen LogP contribution < -0.4 is 15.4 Å². The molecule has 8 nitrogen and oxygen atoms in total. The highest BCUT2D eigenvalue weighted by Gasteiger charge is 2.26. The molecule has 33 heavy (non-hydrogen) atoms. The molecule has 1 aliphatic heterocycles. The van der Waals surface area contributed by atoms with Crippen molar-refractivity contribution >= 4 is 29.5 Å². The smallest absolute Gasteiger partial charge is 0.244 e. The van der Waals surface area contributed by atoms with Gasteiger partial charge in [0, 0.05) is 37.9 Å². The third-order valence-electron chi connectivity index (χ3n) is 5.38. The lowest BCUT2D eigenvalue weighted by Crippen LogP contribution is -2.54. The summed E-state index contributed by atoms with van der Waals surface area (Å²) in [5, 5.41) is 5.59. The quantitative estimate of drug-likeness (QED) is 0.601. The standard InChI is InChI=1S/C25H30N4O4/c1-19(26-23(30)13-10-20-8-11-22(33-2)12-9-20)25(32)29-16-14-28(15-17-29)18-24(31)27-21-6-4-3-5-7-21/h3-13,19H,14-18H2,1-2H3,(H,26,30)(H,27,31)/b13-10+. The number of nitrogens with zero attached hydrogens (tertiary/aromatic N) is 2. The van der Waals surface area contributed by atoms with Crippen LogP contribution in [0.3, 0.4) is 0 Å². The number of anilines is 1. The summed E-state index contributed by atoms with van der Waals surface area (Å²) in [6.45, 7) is 4.19. The van der Waals surface area contributed by atoms with E-state index in [1.807, 2.05) is 59.5 Å². The lowest BCUT2D eigenvalue weighted by Gasteiger charge is -2.35. The van der Waals surface area contributed by atoms with Crippen LogP contribution in [0.4, 0.5) is 5.69 Å². The fraction of sp³-hybridized carbons (Fsp3) is 0.320. The zero-order valence-electron chi connectivity index (χ0n) is 19.0. The van der Waals surface area contributed by atoms with Crippen molar-refractivity contribution in [3.63, 3.8) is 0 Å². The Morgan fingerprint density at radius 1 is 1.00 bits per heavy atom. The van der Waals surface area contributed by atoms with Gasteiger partial charge in [0.1, 0.15) is 11.8 Å². The van der Waals surface area contributed by atoms with Crippen molar-refractivity contribution < 1.29 is 19.1 Å². The van der Waals surface area contributed by atoms with E-state index in [9.17, 15) is 14.4 Å². The van der Waals surface area contributed by atoms with Crippen molar-refractivity contribution in [1.82, 2.24) is 15.1 Å². The maximum atomic E-state index is 12.7. The molecule has 0 aliphatic carbocycles. The van der Waals surface area contributed by atoms with E-state index in [1.165, 1.54) is 6.08 Å². The van der Waals surface area contributed by atoms with Crippen molar-refractivity contribution in [2.45, 2.75) is 13.0 Å². The first kappa shape index (κ1) is 24.0. The fourth-order valence-electron chi connectivity index (χ4n) is 3.54. The lowest BCUT2D eigenvalue weighted by molar-refractivity contribution is -0.136. The van der Waals surface area contributed by atoms with Crippen LogP contribution in [0.5, 0.6) is 5.75 Å². The number of carbonyl (C=O) groups excluding carboxylic acids is 3. The molecule has 1 unspecified atom stereocenters. The molecule has 174 valence electrons. The Bertz CT molecular complexity index is 968. The number of carbonyl (C=O) groups is 3. The second-order valence-electron chi connectivity index (χ2n) is 7.85. The van der Waals surface area contributed by atoms with Crippen LogP contribution in [0.2, 0.25) is 0 Å². The van der Waals surface area contributed by atoms with E-state index in [0.717, 1.165) is 17.0 Å². The number of ether oxygens (including phenoxy) is 1. The first-order valence-corrected chi connectivity index (χ1v) is 10.9.